The molecule has 0 unspecified atom stereocenters. The molecule has 1 heterocycles. The first-order chi connectivity index (χ1) is 6.95. The standard InChI is InChI=1S/C12H19NOS/c1-5-9-6-7-15-10(9)8-13-11(14)12(2,3)4/h6-7H,5,8H2,1-4H3,(H,13,14). The SMILES string of the molecule is CCc1ccsc1CNC(=O)C(C)(C)C. The summed E-state index contributed by atoms with van der Waals surface area (Å²) in [4.78, 5) is 12.9. The number of hydrogen-bond donors (Lipinski definition) is 1. The summed E-state index contributed by atoms with van der Waals surface area (Å²) in [7, 11) is 0. The summed E-state index contributed by atoms with van der Waals surface area (Å²) >= 11 is 1.71. The fraction of sp³-hybridized carbons (Fsp3) is 0.583. The van der Waals surface area contributed by atoms with E-state index in [2.05, 4.69) is 23.7 Å². The number of rotatable bonds is 3. The monoisotopic (exact) mass is 225 g/mol. The molecule has 0 saturated carbocycles. The van der Waals surface area contributed by atoms with Gasteiger partial charge in [0.25, 0.3) is 0 Å². The van der Waals surface area contributed by atoms with Crippen LogP contribution in [-0.4, -0.2) is 5.91 Å². The molecule has 0 aliphatic rings. The maximum atomic E-state index is 11.7. The molecule has 1 rings (SSSR count). The van der Waals surface area contributed by atoms with Gasteiger partial charge in [-0.2, -0.15) is 0 Å². The smallest absolute Gasteiger partial charge is 0.225 e. The van der Waals surface area contributed by atoms with Crippen LogP contribution in [0.5, 0.6) is 0 Å². The molecule has 0 radical (unpaired) electrons. The second kappa shape index (κ2) is 4.79. The van der Waals surface area contributed by atoms with E-state index < -0.39 is 0 Å². The van der Waals surface area contributed by atoms with E-state index >= 15 is 0 Å². The molecule has 15 heavy (non-hydrogen) atoms. The molecule has 1 aromatic heterocycles. The summed E-state index contributed by atoms with van der Waals surface area (Å²) in [5.41, 5.74) is 1.04. The van der Waals surface area contributed by atoms with Crippen molar-refractivity contribution in [1.29, 1.82) is 0 Å². The van der Waals surface area contributed by atoms with Crippen LogP contribution in [0.3, 0.4) is 0 Å². The van der Waals surface area contributed by atoms with E-state index in [1.165, 1.54) is 10.4 Å². The van der Waals surface area contributed by atoms with Crippen molar-refractivity contribution in [3.05, 3.63) is 21.9 Å². The van der Waals surface area contributed by atoms with Gasteiger partial charge in [-0.15, -0.1) is 11.3 Å². The number of amides is 1. The molecular weight excluding hydrogens is 206 g/mol. The average molecular weight is 225 g/mol. The lowest BCUT2D eigenvalue weighted by molar-refractivity contribution is -0.128. The first-order valence-electron chi connectivity index (χ1n) is 5.28. The predicted octanol–water partition coefficient (Wildman–Crippen LogP) is 2.97. The minimum Gasteiger partial charge on any atom is -0.351 e. The topological polar surface area (TPSA) is 29.1 Å². The Morgan fingerprint density at radius 1 is 1.47 bits per heavy atom. The number of carbonyl (C=O) groups is 1. The summed E-state index contributed by atoms with van der Waals surface area (Å²) in [5, 5.41) is 5.05. The van der Waals surface area contributed by atoms with E-state index in [4.69, 9.17) is 0 Å². The number of thiophene rings is 1. The second-order valence-corrected chi connectivity index (χ2v) is 5.66. The summed E-state index contributed by atoms with van der Waals surface area (Å²) < 4.78 is 0. The third-order valence-corrected chi connectivity index (χ3v) is 3.27. The predicted molar refractivity (Wildman–Crippen MR) is 65.0 cm³/mol. The van der Waals surface area contributed by atoms with Crippen LogP contribution in [0.4, 0.5) is 0 Å². The van der Waals surface area contributed by atoms with Crippen molar-refractivity contribution < 1.29 is 4.79 Å². The van der Waals surface area contributed by atoms with Crippen LogP contribution in [0.2, 0.25) is 0 Å². The molecule has 0 aromatic carbocycles. The zero-order valence-electron chi connectivity index (χ0n) is 9.89. The third-order valence-electron chi connectivity index (χ3n) is 2.31. The van der Waals surface area contributed by atoms with Crippen molar-refractivity contribution in [3.8, 4) is 0 Å². The Labute approximate surface area is 95.7 Å². The maximum absolute atomic E-state index is 11.7. The van der Waals surface area contributed by atoms with Gasteiger partial charge in [0.1, 0.15) is 0 Å². The molecule has 0 atom stereocenters. The van der Waals surface area contributed by atoms with Crippen LogP contribution in [0, 0.1) is 5.41 Å². The van der Waals surface area contributed by atoms with Crippen LogP contribution in [-0.2, 0) is 17.8 Å². The fourth-order valence-corrected chi connectivity index (χ4v) is 2.18. The van der Waals surface area contributed by atoms with Crippen molar-refractivity contribution in [2.75, 3.05) is 0 Å². The van der Waals surface area contributed by atoms with E-state index in [-0.39, 0.29) is 11.3 Å². The van der Waals surface area contributed by atoms with E-state index in [1.54, 1.807) is 11.3 Å². The molecule has 1 N–H and O–H groups in total. The van der Waals surface area contributed by atoms with Crippen molar-refractivity contribution in [1.82, 2.24) is 5.32 Å². The Kier molecular flexibility index (Phi) is 3.91. The van der Waals surface area contributed by atoms with Crippen molar-refractivity contribution in [2.45, 2.75) is 40.7 Å². The fourth-order valence-electron chi connectivity index (χ4n) is 1.26. The van der Waals surface area contributed by atoms with E-state index in [0.717, 1.165) is 6.42 Å². The first kappa shape index (κ1) is 12.2. The normalized spacial score (nSPS) is 11.5. The molecular formula is C12H19NOS. The van der Waals surface area contributed by atoms with Crippen LogP contribution in [0.15, 0.2) is 11.4 Å². The maximum Gasteiger partial charge on any atom is 0.225 e. The molecule has 0 bridgehead atoms. The molecule has 84 valence electrons. The van der Waals surface area contributed by atoms with Crippen molar-refractivity contribution >= 4 is 17.2 Å². The van der Waals surface area contributed by atoms with Gasteiger partial charge in [0, 0.05) is 10.3 Å². The van der Waals surface area contributed by atoms with Gasteiger partial charge in [0.2, 0.25) is 5.91 Å². The van der Waals surface area contributed by atoms with Gasteiger partial charge in [-0.05, 0) is 23.4 Å². The van der Waals surface area contributed by atoms with Gasteiger partial charge in [0.15, 0.2) is 0 Å². The zero-order valence-corrected chi connectivity index (χ0v) is 10.7. The lowest BCUT2D eigenvalue weighted by Crippen LogP contribution is -2.34. The minimum absolute atomic E-state index is 0.109. The van der Waals surface area contributed by atoms with Crippen molar-refractivity contribution in [2.24, 2.45) is 5.41 Å². The van der Waals surface area contributed by atoms with Gasteiger partial charge in [0.05, 0.1) is 6.54 Å². The summed E-state index contributed by atoms with van der Waals surface area (Å²) in [6.45, 7) is 8.58. The number of hydrogen-bond acceptors (Lipinski definition) is 2. The van der Waals surface area contributed by atoms with Crippen molar-refractivity contribution in [3.63, 3.8) is 0 Å². The summed E-state index contributed by atoms with van der Waals surface area (Å²) in [6.07, 6.45) is 1.03. The molecule has 0 fully saturated rings. The van der Waals surface area contributed by atoms with Gasteiger partial charge in [-0.25, -0.2) is 0 Å². The summed E-state index contributed by atoms with van der Waals surface area (Å²) in [5.74, 6) is 0.109. The Morgan fingerprint density at radius 3 is 2.67 bits per heavy atom. The highest BCUT2D eigenvalue weighted by Crippen LogP contribution is 2.18. The summed E-state index contributed by atoms with van der Waals surface area (Å²) in [6, 6.07) is 2.13. The van der Waals surface area contributed by atoms with E-state index in [1.807, 2.05) is 20.8 Å². The Bertz CT molecular complexity index is 336. The average Bonchev–Trinajstić information content (AvgIpc) is 2.59. The molecule has 0 saturated heterocycles. The largest absolute Gasteiger partial charge is 0.351 e. The highest BCUT2D eigenvalue weighted by atomic mass is 32.1. The number of carbonyl (C=O) groups excluding carboxylic acids is 1. The van der Waals surface area contributed by atoms with Gasteiger partial charge >= 0.3 is 0 Å². The van der Waals surface area contributed by atoms with E-state index in [0.29, 0.717) is 6.54 Å². The molecule has 0 aliphatic carbocycles. The first-order valence-corrected chi connectivity index (χ1v) is 6.16. The molecule has 0 aliphatic heterocycles. The Hall–Kier alpha value is -0.830. The lowest BCUT2D eigenvalue weighted by Gasteiger charge is -2.17. The van der Waals surface area contributed by atoms with Crippen LogP contribution >= 0.6 is 11.3 Å². The zero-order chi connectivity index (χ0) is 11.5. The lowest BCUT2D eigenvalue weighted by atomic mass is 9.96. The van der Waals surface area contributed by atoms with E-state index in [9.17, 15) is 4.79 Å². The van der Waals surface area contributed by atoms with Gasteiger partial charge in [-0.3, -0.25) is 4.79 Å². The minimum atomic E-state index is -0.302. The molecule has 0 spiro atoms. The third kappa shape index (κ3) is 3.34. The van der Waals surface area contributed by atoms with Crippen LogP contribution in [0.1, 0.15) is 38.1 Å². The quantitative estimate of drug-likeness (QED) is 0.842. The second-order valence-electron chi connectivity index (χ2n) is 4.66. The highest BCUT2D eigenvalue weighted by Gasteiger charge is 2.20. The molecule has 1 amide bonds. The highest BCUT2D eigenvalue weighted by molar-refractivity contribution is 7.10. The van der Waals surface area contributed by atoms with Gasteiger partial charge in [-0.1, -0.05) is 27.7 Å². The molecule has 3 heteroatoms. The van der Waals surface area contributed by atoms with Crippen LogP contribution < -0.4 is 5.32 Å². The molecule has 1 aromatic rings. The Morgan fingerprint density at radius 2 is 2.13 bits per heavy atom. The number of nitrogens with one attached hydrogen (secondary N) is 1. The number of aryl methyl sites for hydroxylation is 1. The Balaban J connectivity index is 2.54. The van der Waals surface area contributed by atoms with Crippen LogP contribution in [0.25, 0.3) is 0 Å². The molecule has 2 nitrogen and oxygen atoms in total. The van der Waals surface area contributed by atoms with Gasteiger partial charge < -0.3 is 5.32 Å².